The summed E-state index contributed by atoms with van der Waals surface area (Å²) < 4.78 is 5.40. The molecule has 2 aliphatic rings. The van der Waals surface area contributed by atoms with Crippen LogP contribution in [-0.4, -0.2) is 83.9 Å². The van der Waals surface area contributed by atoms with Crippen LogP contribution in [0, 0.1) is 10.1 Å². The standard InChI is InChI=1S/C18H24N4O5/c23-17(20-6-1-2-7-20)13-19-8-10-21(11-9-19)18(24)14-27-16-5-3-4-15(12-16)22(25)26/h3-5,12H,1-2,6-11,13-14H2. The van der Waals surface area contributed by atoms with Crippen LogP contribution in [0.4, 0.5) is 5.69 Å². The van der Waals surface area contributed by atoms with Crippen molar-refractivity contribution < 1.29 is 19.2 Å². The molecule has 9 heteroatoms. The van der Waals surface area contributed by atoms with E-state index in [4.69, 9.17) is 4.74 Å². The van der Waals surface area contributed by atoms with Crippen molar-refractivity contribution in [2.24, 2.45) is 0 Å². The minimum atomic E-state index is -0.503. The minimum absolute atomic E-state index is 0.0729. The topological polar surface area (TPSA) is 96.2 Å². The lowest BCUT2D eigenvalue weighted by Crippen LogP contribution is -2.52. The number of hydrogen-bond donors (Lipinski definition) is 0. The molecule has 2 fully saturated rings. The van der Waals surface area contributed by atoms with Crippen LogP contribution in [0.15, 0.2) is 24.3 Å². The molecular formula is C18H24N4O5. The van der Waals surface area contributed by atoms with Gasteiger partial charge in [0.25, 0.3) is 11.6 Å². The molecule has 2 saturated heterocycles. The maximum Gasteiger partial charge on any atom is 0.273 e. The predicted molar refractivity (Wildman–Crippen MR) is 97.4 cm³/mol. The minimum Gasteiger partial charge on any atom is -0.484 e. The van der Waals surface area contributed by atoms with Crippen LogP contribution < -0.4 is 4.74 Å². The lowest BCUT2D eigenvalue weighted by Gasteiger charge is -2.34. The highest BCUT2D eigenvalue weighted by Gasteiger charge is 2.25. The van der Waals surface area contributed by atoms with Gasteiger partial charge in [-0.05, 0) is 18.9 Å². The monoisotopic (exact) mass is 376 g/mol. The van der Waals surface area contributed by atoms with E-state index in [0.717, 1.165) is 25.9 Å². The predicted octanol–water partition coefficient (Wildman–Crippen LogP) is 0.740. The van der Waals surface area contributed by atoms with E-state index in [0.29, 0.717) is 38.5 Å². The molecular weight excluding hydrogens is 352 g/mol. The van der Waals surface area contributed by atoms with Crippen molar-refractivity contribution in [3.63, 3.8) is 0 Å². The molecule has 1 aromatic rings. The zero-order valence-corrected chi connectivity index (χ0v) is 15.2. The zero-order chi connectivity index (χ0) is 19.2. The van der Waals surface area contributed by atoms with E-state index in [9.17, 15) is 19.7 Å². The van der Waals surface area contributed by atoms with Gasteiger partial charge < -0.3 is 14.5 Å². The molecule has 9 nitrogen and oxygen atoms in total. The fraction of sp³-hybridized carbons (Fsp3) is 0.556. The first-order chi connectivity index (χ1) is 13.0. The number of amides is 2. The van der Waals surface area contributed by atoms with E-state index in [2.05, 4.69) is 4.90 Å². The summed E-state index contributed by atoms with van der Waals surface area (Å²) in [7, 11) is 0. The van der Waals surface area contributed by atoms with E-state index in [-0.39, 0.29) is 24.1 Å². The second-order valence-corrected chi connectivity index (χ2v) is 6.79. The van der Waals surface area contributed by atoms with Gasteiger partial charge in [0.15, 0.2) is 6.61 Å². The Bertz CT molecular complexity index is 697. The fourth-order valence-corrected chi connectivity index (χ4v) is 3.34. The number of nitro benzene ring substituents is 1. The number of nitro groups is 1. The number of rotatable bonds is 6. The van der Waals surface area contributed by atoms with Crippen LogP contribution in [0.5, 0.6) is 5.75 Å². The summed E-state index contributed by atoms with van der Waals surface area (Å²) in [4.78, 5) is 40.5. The fourth-order valence-electron chi connectivity index (χ4n) is 3.34. The molecule has 0 radical (unpaired) electrons. The van der Waals surface area contributed by atoms with Gasteiger partial charge in [0, 0.05) is 45.3 Å². The van der Waals surface area contributed by atoms with Crippen LogP contribution in [-0.2, 0) is 9.59 Å². The van der Waals surface area contributed by atoms with Crippen molar-refractivity contribution in [1.82, 2.24) is 14.7 Å². The quantitative estimate of drug-likeness (QED) is 0.537. The lowest BCUT2D eigenvalue weighted by atomic mass is 10.3. The molecule has 0 saturated carbocycles. The Morgan fingerprint density at radius 1 is 1.00 bits per heavy atom. The Balaban J connectivity index is 1.41. The van der Waals surface area contributed by atoms with Gasteiger partial charge in [-0.25, -0.2) is 0 Å². The van der Waals surface area contributed by atoms with E-state index in [1.54, 1.807) is 11.0 Å². The Morgan fingerprint density at radius 3 is 2.33 bits per heavy atom. The Morgan fingerprint density at radius 2 is 1.67 bits per heavy atom. The molecule has 146 valence electrons. The first kappa shape index (κ1) is 19.1. The Kier molecular flexibility index (Phi) is 6.23. The molecule has 0 atom stereocenters. The van der Waals surface area contributed by atoms with Crippen molar-refractivity contribution in [3.05, 3.63) is 34.4 Å². The first-order valence-electron chi connectivity index (χ1n) is 9.18. The second-order valence-electron chi connectivity index (χ2n) is 6.79. The third-order valence-electron chi connectivity index (χ3n) is 4.93. The molecule has 0 unspecified atom stereocenters. The van der Waals surface area contributed by atoms with Crippen molar-refractivity contribution in [2.75, 3.05) is 52.4 Å². The second kappa shape index (κ2) is 8.81. The summed E-state index contributed by atoms with van der Waals surface area (Å²) in [6.07, 6.45) is 2.16. The van der Waals surface area contributed by atoms with Gasteiger partial charge >= 0.3 is 0 Å². The number of likely N-dealkylation sites (tertiary alicyclic amines) is 1. The van der Waals surface area contributed by atoms with Crippen molar-refractivity contribution in [1.29, 1.82) is 0 Å². The lowest BCUT2D eigenvalue weighted by molar-refractivity contribution is -0.384. The van der Waals surface area contributed by atoms with Crippen LogP contribution in [0.1, 0.15) is 12.8 Å². The average Bonchev–Trinajstić information content (AvgIpc) is 3.22. The molecule has 0 N–H and O–H groups in total. The van der Waals surface area contributed by atoms with Crippen molar-refractivity contribution in [3.8, 4) is 5.75 Å². The van der Waals surface area contributed by atoms with Crippen LogP contribution in [0.25, 0.3) is 0 Å². The summed E-state index contributed by atoms with van der Waals surface area (Å²) in [6, 6.07) is 5.78. The van der Waals surface area contributed by atoms with Crippen LogP contribution >= 0.6 is 0 Å². The van der Waals surface area contributed by atoms with Gasteiger partial charge in [0.05, 0.1) is 17.5 Å². The number of benzene rings is 1. The van der Waals surface area contributed by atoms with Gasteiger partial charge in [-0.3, -0.25) is 24.6 Å². The molecule has 0 bridgehead atoms. The van der Waals surface area contributed by atoms with Crippen molar-refractivity contribution in [2.45, 2.75) is 12.8 Å². The Labute approximate surface area is 157 Å². The third-order valence-corrected chi connectivity index (χ3v) is 4.93. The molecule has 0 spiro atoms. The number of hydrogen-bond acceptors (Lipinski definition) is 6. The number of carbonyl (C=O) groups is 2. The summed E-state index contributed by atoms with van der Waals surface area (Å²) in [6.45, 7) is 4.36. The largest absolute Gasteiger partial charge is 0.484 e. The van der Waals surface area contributed by atoms with Gasteiger partial charge in [-0.2, -0.15) is 0 Å². The summed E-state index contributed by atoms with van der Waals surface area (Å²) in [5.74, 6) is 0.306. The normalized spacial score (nSPS) is 17.8. The molecule has 1 aromatic carbocycles. The van der Waals surface area contributed by atoms with E-state index in [1.807, 2.05) is 4.90 Å². The Hall–Kier alpha value is -2.68. The van der Waals surface area contributed by atoms with Gasteiger partial charge in [-0.1, -0.05) is 6.07 Å². The highest BCUT2D eigenvalue weighted by Crippen LogP contribution is 2.19. The van der Waals surface area contributed by atoms with E-state index >= 15 is 0 Å². The first-order valence-corrected chi connectivity index (χ1v) is 9.18. The highest BCUT2D eigenvalue weighted by atomic mass is 16.6. The van der Waals surface area contributed by atoms with Gasteiger partial charge in [-0.15, -0.1) is 0 Å². The van der Waals surface area contributed by atoms with Crippen LogP contribution in [0.2, 0.25) is 0 Å². The molecule has 0 aliphatic carbocycles. The summed E-state index contributed by atoms with van der Waals surface area (Å²) >= 11 is 0. The summed E-state index contributed by atoms with van der Waals surface area (Å²) in [5, 5.41) is 10.8. The number of piperazine rings is 1. The number of carbonyl (C=O) groups excluding carboxylic acids is 2. The van der Waals surface area contributed by atoms with Crippen molar-refractivity contribution >= 4 is 17.5 Å². The molecule has 0 aromatic heterocycles. The maximum absolute atomic E-state index is 12.3. The molecule has 27 heavy (non-hydrogen) atoms. The molecule has 2 aliphatic heterocycles. The highest BCUT2D eigenvalue weighted by molar-refractivity contribution is 5.79. The van der Waals surface area contributed by atoms with Gasteiger partial charge in [0.2, 0.25) is 5.91 Å². The van der Waals surface area contributed by atoms with Gasteiger partial charge in [0.1, 0.15) is 5.75 Å². The third kappa shape index (κ3) is 5.16. The summed E-state index contributed by atoms with van der Waals surface area (Å²) in [5.41, 5.74) is -0.0729. The maximum atomic E-state index is 12.3. The molecule has 2 heterocycles. The number of ether oxygens (including phenoxy) is 1. The van der Waals surface area contributed by atoms with Crippen LogP contribution in [0.3, 0.4) is 0 Å². The number of non-ortho nitro benzene ring substituents is 1. The number of nitrogens with zero attached hydrogens (tertiary/aromatic N) is 4. The average molecular weight is 376 g/mol. The van der Waals surface area contributed by atoms with E-state index < -0.39 is 4.92 Å². The SMILES string of the molecule is O=C(COc1cccc([N+](=O)[O-])c1)N1CCN(CC(=O)N2CCCC2)CC1. The zero-order valence-electron chi connectivity index (χ0n) is 15.2. The molecule has 2 amide bonds. The smallest absolute Gasteiger partial charge is 0.273 e. The molecule has 3 rings (SSSR count). The van der Waals surface area contributed by atoms with E-state index in [1.165, 1.54) is 18.2 Å².